The van der Waals surface area contributed by atoms with Crippen molar-refractivity contribution in [2.45, 2.75) is 37.5 Å². The molecule has 0 atom stereocenters. The Labute approximate surface area is 104 Å². The number of nitrogens with zero attached hydrogens (tertiary/aromatic N) is 3. The smallest absolute Gasteiger partial charge is 0.322 e. The maximum absolute atomic E-state index is 11.0. The maximum atomic E-state index is 11.0. The average Bonchev–Trinajstić information content (AvgIpc) is 2.13. The van der Waals surface area contributed by atoms with Crippen LogP contribution < -0.4 is 5.32 Å². The van der Waals surface area contributed by atoms with Gasteiger partial charge in [0.2, 0.25) is 5.95 Å². The summed E-state index contributed by atoms with van der Waals surface area (Å²) in [6.07, 6.45) is 0. The van der Waals surface area contributed by atoms with E-state index in [0.29, 0.717) is 16.7 Å². The number of rotatable bonds is 3. The first-order valence-corrected chi connectivity index (χ1v) is 5.96. The number of anilines is 1. The van der Waals surface area contributed by atoms with Crippen LogP contribution >= 0.6 is 11.8 Å². The normalized spacial score (nSPS) is 11.4. The van der Waals surface area contributed by atoms with Crippen LogP contribution in [0, 0.1) is 17.0 Å². The van der Waals surface area contributed by atoms with Crippen LogP contribution in [-0.2, 0) is 0 Å². The van der Waals surface area contributed by atoms with Crippen LogP contribution in [0.1, 0.15) is 26.5 Å². The van der Waals surface area contributed by atoms with Crippen molar-refractivity contribution in [2.24, 2.45) is 0 Å². The van der Waals surface area contributed by atoms with Gasteiger partial charge in [0.15, 0.2) is 5.03 Å². The monoisotopic (exact) mass is 256 g/mol. The summed E-state index contributed by atoms with van der Waals surface area (Å²) in [4.78, 5) is 18.8. The number of aromatic nitrogens is 2. The topological polar surface area (TPSA) is 81.0 Å². The molecule has 1 aromatic heterocycles. The first-order valence-electron chi connectivity index (χ1n) is 5.14. The maximum Gasteiger partial charge on any atom is 0.322 e. The Morgan fingerprint density at radius 1 is 1.35 bits per heavy atom. The van der Waals surface area contributed by atoms with E-state index in [9.17, 15) is 10.1 Å². The van der Waals surface area contributed by atoms with Gasteiger partial charge in [-0.1, -0.05) is 32.5 Å². The number of hydrogen-bond donors (Lipinski definition) is 1. The second-order valence-corrected chi connectivity index (χ2v) is 6.32. The molecule has 17 heavy (non-hydrogen) atoms. The summed E-state index contributed by atoms with van der Waals surface area (Å²) in [5.41, 5.74) is 0.366. The summed E-state index contributed by atoms with van der Waals surface area (Å²) >= 11 is 1.37. The molecule has 0 spiro atoms. The molecule has 0 aliphatic carbocycles. The molecule has 1 aromatic rings. The van der Waals surface area contributed by atoms with Crippen molar-refractivity contribution in [1.29, 1.82) is 0 Å². The van der Waals surface area contributed by atoms with E-state index in [0.717, 1.165) is 0 Å². The molecule has 0 saturated heterocycles. The molecule has 0 saturated carbocycles. The van der Waals surface area contributed by atoms with E-state index in [-0.39, 0.29) is 10.4 Å². The third-order valence-corrected chi connectivity index (χ3v) is 2.93. The lowest BCUT2D eigenvalue weighted by molar-refractivity contribution is -0.389. The minimum absolute atomic E-state index is 0.0103. The number of nitro groups is 1. The van der Waals surface area contributed by atoms with E-state index in [2.05, 4.69) is 15.3 Å². The minimum atomic E-state index is -0.428. The highest BCUT2D eigenvalue weighted by molar-refractivity contribution is 8.00. The zero-order chi connectivity index (χ0) is 13.2. The third-order valence-electron chi connectivity index (χ3n) is 1.84. The molecule has 0 amide bonds. The van der Waals surface area contributed by atoms with Gasteiger partial charge < -0.3 is 5.32 Å². The third kappa shape index (κ3) is 3.55. The van der Waals surface area contributed by atoms with Crippen molar-refractivity contribution in [1.82, 2.24) is 9.97 Å². The molecule has 0 aliphatic rings. The zero-order valence-corrected chi connectivity index (χ0v) is 11.4. The second kappa shape index (κ2) is 4.87. The Bertz CT molecular complexity index is 443. The molecule has 1 rings (SSSR count). The van der Waals surface area contributed by atoms with E-state index in [4.69, 9.17) is 0 Å². The van der Waals surface area contributed by atoms with Crippen LogP contribution in [0.4, 0.5) is 11.6 Å². The second-order valence-electron chi connectivity index (χ2n) is 4.51. The summed E-state index contributed by atoms with van der Waals surface area (Å²) in [6.45, 7) is 7.57. The molecule has 1 N–H and O–H groups in total. The SMILES string of the molecule is CNc1nc(C)c([N+](=O)[O-])c(SC(C)(C)C)n1. The van der Waals surface area contributed by atoms with Gasteiger partial charge in [0.25, 0.3) is 0 Å². The van der Waals surface area contributed by atoms with Crippen LogP contribution in [0.15, 0.2) is 5.03 Å². The van der Waals surface area contributed by atoms with E-state index in [1.54, 1.807) is 14.0 Å². The fraction of sp³-hybridized carbons (Fsp3) is 0.600. The molecule has 0 unspecified atom stereocenters. The van der Waals surface area contributed by atoms with E-state index < -0.39 is 4.92 Å². The van der Waals surface area contributed by atoms with Gasteiger partial charge in [-0.2, -0.15) is 4.98 Å². The molecule has 1 heterocycles. The van der Waals surface area contributed by atoms with Gasteiger partial charge in [0.05, 0.1) is 4.92 Å². The predicted molar refractivity (Wildman–Crippen MR) is 68.6 cm³/mol. The zero-order valence-electron chi connectivity index (χ0n) is 10.6. The van der Waals surface area contributed by atoms with Crippen LogP contribution in [-0.4, -0.2) is 26.7 Å². The lowest BCUT2D eigenvalue weighted by atomic mass is 10.3. The summed E-state index contributed by atoms with van der Waals surface area (Å²) < 4.78 is -0.142. The predicted octanol–water partition coefficient (Wildman–Crippen LogP) is 2.63. The summed E-state index contributed by atoms with van der Waals surface area (Å²) in [6, 6.07) is 0. The number of nitrogens with one attached hydrogen (secondary N) is 1. The quantitative estimate of drug-likeness (QED) is 0.387. The van der Waals surface area contributed by atoms with Gasteiger partial charge in [-0.15, -0.1) is 0 Å². The fourth-order valence-corrected chi connectivity index (χ4v) is 2.25. The number of aryl methyl sites for hydroxylation is 1. The summed E-state index contributed by atoms with van der Waals surface area (Å²) in [5.74, 6) is 0.403. The average molecular weight is 256 g/mol. The van der Waals surface area contributed by atoms with E-state index in [1.165, 1.54) is 11.8 Å². The van der Waals surface area contributed by atoms with Gasteiger partial charge >= 0.3 is 5.69 Å². The van der Waals surface area contributed by atoms with Crippen LogP contribution in [0.25, 0.3) is 0 Å². The summed E-state index contributed by atoms with van der Waals surface area (Å²) in [5, 5.41) is 14.2. The molecule has 0 bridgehead atoms. The van der Waals surface area contributed by atoms with Crippen molar-refractivity contribution in [3.63, 3.8) is 0 Å². The van der Waals surface area contributed by atoms with Gasteiger partial charge in [-0.3, -0.25) is 10.1 Å². The van der Waals surface area contributed by atoms with Crippen LogP contribution in [0.5, 0.6) is 0 Å². The molecule has 6 nitrogen and oxygen atoms in total. The highest BCUT2D eigenvalue weighted by Gasteiger charge is 2.26. The molecule has 0 aliphatic heterocycles. The largest absolute Gasteiger partial charge is 0.357 e. The van der Waals surface area contributed by atoms with Crippen LogP contribution in [0.2, 0.25) is 0 Å². The van der Waals surface area contributed by atoms with Gasteiger partial charge in [0.1, 0.15) is 5.69 Å². The Hall–Kier alpha value is -1.37. The Morgan fingerprint density at radius 3 is 2.35 bits per heavy atom. The van der Waals surface area contributed by atoms with Crippen molar-refractivity contribution < 1.29 is 4.92 Å². The number of thioether (sulfide) groups is 1. The number of hydrogen-bond acceptors (Lipinski definition) is 6. The van der Waals surface area contributed by atoms with Crippen molar-refractivity contribution in [3.8, 4) is 0 Å². The Balaban J connectivity index is 3.32. The first-order chi connectivity index (χ1) is 7.74. The Kier molecular flexibility index (Phi) is 3.92. The molecule has 0 aromatic carbocycles. The van der Waals surface area contributed by atoms with Gasteiger partial charge in [-0.05, 0) is 6.92 Å². The van der Waals surface area contributed by atoms with E-state index in [1.807, 2.05) is 20.8 Å². The molecule has 7 heteroatoms. The lowest BCUT2D eigenvalue weighted by Gasteiger charge is -2.17. The standard InChI is InChI=1S/C10H16N4O2S/c1-6-7(14(15)16)8(17-10(2,3)4)13-9(11-5)12-6/h1-5H3,(H,11,12,13). The Morgan fingerprint density at radius 2 is 1.94 bits per heavy atom. The van der Waals surface area contributed by atoms with E-state index >= 15 is 0 Å². The molecule has 0 fully saturated rings. The fourth-order valence-electron chi connectivity index (χ4n) is 1.22. The summed E-state index contributed by atoms with van der Waals surface area (Å²) in [7, 11) is 1.69. The van der Waals surface area contributed by atoms with Crippen LogP contribution in [0.3, 0.4) is 0 Å². The van der Waals surface area contributed by atoms with Gasteiger partial charge in [0, 0.05) is 11.8 Å². The van der Waals surface area contributed by atoms with Crippen molar-refractivity contribution >= 4 is 23.4 Å². The van der Waals surface area contributed by atoms with Crippen molar-refractivity contribution in [2.75, 3.05) is 12.4 Å². The lowest BCUT2D eigenvalue weighted by Crippen LogP contribution is -2.11. The molecule has 0 radical (unpaired) electrons. The van der Waals surface area contributed by atoms with Crippen molar-refractivity contribution in [3.05, 3.63) is 15.8 Å². The highest BCUT2D eigenvalue weighted by atomic mass is 32.2. The first kappa shape index (κ1) is 13.7. The molecular weight excluding hydrogens is 240 g/mol. The van der Waals surface area contributed by atoms with Gasteiger partial charge in [-0.25, -0.2) is 4.98 Å². The highest BCUT2D eigenvalue weighted by Crippen LogP contribution is 2.37. The minimum Gasteiger partial charge on any atom is -0.357 e. The molecular formula is C10H16N4O2S. The molecule has 94 valence electrons.